The molecule has 1 aromatic heterocycles. The number of hydrogen-bond donors (Lipinski definition) is 2. The Labute approximate surface area is 128 Å². The molecule has 0 aliphatic carbocycles. The van der Waals surface area contributed by atoms with Gasteiger partial charge < -0.3 is 5.32 Å². The standard InChI is InChI=1S/C11H9BrClN3O3S/c1-6-4-9(7(12)5-10(6)20(13,18)19)15-11(17)8-2-3-14-16-8/h2-5H,1H3,(H,14,16)(H,15,17). The molecule has 0 fully saturated rings. The van der Waals surface area contributed by atoms with E-state index in [1.807, 2.05) is 0 Å². The molecular weight excluding hydrogens is 370 g/mol. The van der Waals surface area contributed by atoms with Gasteiger partial charge in [0, 0.05) is 21.4 Å². The number of aromatic nitrogens is 2. The van der Waals surface area contributed by atoms with Crippen LogP contribution in [0, 0.1) is 6.92 Å². The summed E-state index contributed by atoms with van der Waals surface area (Å²) in [5.74, 6) is -0.385. The van der Waals surface area contributed by atoms with Crippen molar-refractivity contribution in [3.8, 4) is 0 Å². The van der Waals surface area contributed by atoms with E-state index in [-0.39, 0.29) is 10.8 Å². The minimum Gasteiger partial charge on any atom is -0.320 e. The van der Waals surface area contributed by atoms with Gasteiger partial charge in [0.25, 0.3) is 15.0 Å². The molecule has 0 radical (unpaired) electrons. The average Bonchev–Trinajstić information content (AvgIpc) is 2.85. The van der Waals surface area contributed by atoms with E-state index in [0.717, 1.165) is 0 Å². The normalized spacial score (nSPS) is 11.3. The second-order valence-corrected chi connectivity index (χ2v) is 7.35. The first-order valence-electron chi connectivity index (χ1n) is 5.34. The minimum atomic E-state index is -3.83. The van der Waals surface area contributed by atoms with Gasteiger partial charge in [0.1, 0.15) is 5.69 Å². The number of nitrogens with one attached hydrogen (secondary N) is 2. The summed E-state index contributed by atoms with van der Waals surface area (Å²) in [6.45, 7) is 1.59. The van der Waals surface area contributed by atoms with Gasteiger partial charge in [0.05, 0.1) is 10.6 Å². The maximum atomic E-state index is 11.9. The van der Waals surface area contributed by atoms with Crippen LogP contribution < -0.4 is 5.32 Å². The quantitative estimate of drug-likeness (QED) is 0.803. The topological polar surface area (TPSA) is 91.9 Å². The number of hydrogen-bond acceptors (Lipinski definition) is 4. The molecule has 2 N–H and O–H groups in total. The van der Waals surface area contributed by atoms with Crippen LogP contribution in [0.1, 0.15) is 16.1 Å². The number of anilines is 1. The Morgan fingerprint density at radius 3 is 2.70 bits per heavy atom. The number of aryl methyl sites for hydroxylation is 1. The van der Waals surface area contributed by atoms with E-state index in [4.69, 9.17) is 10.7 Å². The molecule has 1 heterocycles. The summed E-state index contributed by atoms with van der Waals surface area (Å²) in [6.07, 6.45) is 1.46. The van der Waals surface area contributed by atoms with Gasteiger partial charge in [-0.2, -0.15) is 5.10 Å². The van der Waals surface area contributed by atoms with E-state index in [0.29, 0.717) is 21.4 Å². The zero-order chi connectivity index (χ0) is 14.9. The maximum absolute atomic E-state index is 11.9. The van der Waals surface area contributed by atoms with Crippen molar-refractivity contribution in [1.29, 1.82) is 0 Å². The monoisotopic (exact) mass is 377 g/mol. The predicted molar refractivity (Wildman–Crippen MR) is 78.5 cm³/mol. The van der Waals surface area contributed by atoms with Gasteiger partial charge in [0.15, 0.2) is 0 Å². The highest BCUT2D eigenvalue weighted by Gasteiger charge is 2.17. The second kappa shape index (κ2) is 5.55. The van der Waals surface area contributed by atoms with Gasteiger partial charge in [-0.05, 0) is 46.6 Å². The smallest absolute Gasteiger partial charge is 0.273 e. The fourth-order valence-electron chi connectivity index (χ4n) is 1.59. The molecule has 0 saturated carbocycles. The van der Waals surface area contributed by atoms with Crippen LogP contribution >= 0.6 is 26.6 Å². The number of nitrogens with zero attached hydrogens (tertiary/aromatic N) is 1. The van der Waals surface area contributed by atoms with Crippen LogP contribution in [-0.4, -0.2) is 24.5 Å². The maximum Gasteiger partial charge on any atom is 0.273 e. The Bertz CT molecular complexity index is 759. The summed E-state index contributed by atoms with van der Waals surface area (Å²) < 4.78 is 23.2. The number of aromatic amines is 1. The Morgan fingerprint density at radius 1 is 1.45 bits per heavy atom. The molecule has 1 amide bonds. The molecular formula is C11H9BrClN3O3S. The van der Waals surface area contributed by atoms with Gasteiger partial charge in [-0.3, -0.25) is 9.89 Å². The lowest BCUT2D eigenvalue weighted by Gasteiger charge is -2.10. The summed E-state index contributed by atoms with van der Waals surface area (Å²) in [7, 11) is 1.49. The fraction of sp³-hybridized carbons (Fsp3) is 0.0909. The van der Waals surface area contributed by atoms with E-state index >= 15 is 0 Å². The highest BCUT2D eigenvalue weighted by atomic mass is 79.9. The van der Waals surface area contributed by atoms with Crippen molar-refractivity contribution in [2.45, 2.75) is 11.8 Å². The Morgan fingerprint density at radius 2 is 2.15 bits per heavy atom. The summed E-state index contributed by atoms with van der Waals surface area (Å²) in [5, 5.41) is 8.85. The summed E-state index contributed by atoms with van der Waals surface area (Å²) in [6, 6.07) is 4.39. The molecule has 20 heavy (non-hydrogen) atoms. The summed E-state index contributed by atoms with van der Waals surface area (Å²) >= 11 is 3.20. The zero-order valence-electron chi connectivity index (χ0n) is 10.1. The first kappa shape index (κ1) is 15.0. The molecule has 0 atom stereocenters. The van der Waals surface area contributed by atoms with Gasteiger partial charge in [0.2, 0.25) is 0 Å². The highest BCUT2D eigenvalue weighted by Crippen LogP contribution is 2.30. The average molecular weight is 379 g/mol. The first-order chi connectivity index (χ1) is 9.29. The van der Waals surface area contributed by atoms with Crippen LogP contribution in [0.4, 0.5) is 5.69 Å². The van der Waals surface area contributed by atoms with Crippen LogP contribution in [0.5, 0.6) is 0 Å². The van der Waals surface area contributed by atoms with E-state index in [1.165, 1.54) is 24.4 Å². The van der Waals surface area contributed by atoms with Crippen molar-refractivity contribution in [3.63, 3.8) is 0 Å². The predicted octanol–water partition coefficient (Wildman–Crippen LogP) is 2.66. The Kier molecular flexibility index (Phi) is 4.17. The molecule has 2 aromatic rings. The van der Waals surface area contributed by atoms with Crippen LogP contribution in [0.15, 0.2) is 33.8 Å². The van der Waals surface area contributed by atoms with Crippen molar-refractivity contribution >= 4 is 47.3 Å². The molecule has 0 aliphatic heterocycles. The van der Waals surface area contributed by atoms with Crippen LogP contribution in [0.2, 0.25) is 0 Å². The SMILES string of the molecule is Cc1cc(NC(=O)c2ccn[nH]2)c(Br)cc1S(=O)(=O)Cl. The molecule has 0 saturated heterocycles. The second-order valence-electron chi connectivity index (χ2n) is 3.96. The van der Waals surface area contributed by atoms with E-state index < -0.39 is 9.05 Å². The van der Waals surface area contributed by atoms with E-state index in [9.17, 15) is 13.2 Å². The highest BCUT2D eigenvalue weighted by molar-refractivity contribution is 9.10. The third-order valence-corrected chi connectivity index (χ3v) is 4.64. The summed E-state index contributed by atoms with van der Waals surface area (Å²) in [4.78, 5) is 11.9. The minimum absolute atomic E-state index is 0.00872. The molecule has 0 spiro atoms. The number of benzene rings is 1. The molecule has 2 rings (SSSR count). The molecule has 0 aliphatic rings. The lowest BCUT2D eigenvalue weighted by molar-refractivity contribution is 0.102. The fourth-order valence-corrected chi connectivity index (χ4v) is 3.39. The zero-order valence-corrected chi connectivity index (χ0v) is 13.3. The first-order valence-corrected chi connectivity index (χ1v) is 8.45. The third kappa shape index (κ3) is 3.20. The number of carbonyl (C=O) groups excluding carboxylic acids is 1. The molecule has 0 bridgehead atoms. The molecule has 6 nitrogen and oxygen atoms in total. The van der Waals surface area contributed by atoms with Crippen LogP contribution in [0.25, 0.3) is 0 Å². The number of halogens is 2. The van der Waals surface area contributed by atoms with Gasteiger partial charge in [-0.1, -0.05) is 0 Å². The number of amides is 1. The van der Waals surface area contributed by atoms with E-state index in [2.05, 4.69) is 31.4 Å². The van der Waals surface area contributed by atoms with Crippen LogP contribution in [-0.2, 0) is 9.05 Å². The summed E-state index contributed by atoms with van der Waals surface area (Å²) in [5.41, 5.74) is 1.16. The van der Waals surface area contributed by atoms with E-state index in [1.54, 1.807) is 6.92 Å². The molecule has 0 unspecified atom stereocenters. The molecule has 9 heteroatoms. The van der Waals surface area contributed by atoms with Crippen molar-refractivity contribution in [2.24, 2.45) is 0 Å². The molecule has 1 aromatic carbocycles. The third-order valence-electron chi connectivity index (χ3n) is 2.52. The number of rotatable bonds is 3. The van der Waals surface area contributed by atoms with Crippen molar-refractivity contribution in [3.05, 3.63) is 40.1 Å². The lowest BCUT2D eigenvalue weighted by Crippen LogP contribution is -2.13. The largest absolute Gasteiger partial charge is 0.320 e. The van der Waals surface area contributed by atoms with Gasteiger partial charge >= 0.3 is 0 Å². The van der Waals surface area contributed by atoms with Crippen molar-refractivity contribution in [2.75, 3.05) is 5.32 Å². The van der Waals surface area contributed by atoms with Gasteiger partial charge in [-0.25, -0.2) is 8.42 Å². The van der Waals surface area contributed by atoms with Crippen molar-refractivity contribution < 1.29 is 13.2 Å². The number of carbonyl (C=O) groups is 1. The molecule has 106 valence electrons. The Balaban J connectivity index is 2.35. The lowest BCUT2D eigenvalue weighted by atomic mass is 10.2. The Hall–Kier alpha value is -1.38. The van der Waals surface area contributed by atoms with Gasteiger partial charge in [-0.15, -0.1) is 0 Å². The van der Waals surface area contributed by atoms with Crippen LogP contribution in [0.3, 0.4) is 0 Å². The number of H-pyrrole nitrogens is 1. The van der Waals surface area contributed by atoms with Crippen molar-refractivity contribution in [1.82, 2.24) is 10.2 Å².